The van der Waals surface area contributed by atoms with Crippen LogP contribution in [0.1, 0.15) is 10.4 Å². The van der Waals surface area contributed by atoms with Crippen molar-refractivity contribution in [2.75, 3.05) is 0 Å². The Morgan fingerprint density at radius 3 is 2.64 bits per heavy atom. The van der Waals surface area contributed by atoms with Gasteiger partial charge in [0.15, 0.2) is 5.75 Å². The minimum atomic E-state index is -0.403. The molecule has 0 unspecified atom stereocenters. The minimum absolute atomic E-state index is 0.403. The summed E-state index contributed by atoms with van der Waals surface area (Å²) in [6.07, 6.45) is 1.67. The van der Waals surface area contributed by atoms with Gasteiger partial charge < -0.3 is 4.74 Å². The van der Waals surface area contributed by atoms with Gasteiger partial charge >= 0.3 is 5.97 Å². The molecule has 0 saturated heterocycles. The SMILES string of the molecule is O=C(Oc1c(Br)cc(Br)c2cccnc12)c1ccccc1I. The largest absolute Gasteiger partial charge is 0.419 e. The molecule has 3 aromatic rings. The maximum absolute atomic E-state index is 12.4. The molecule has 0 aliphatic rings. The quantitative estimate of drug-likeness (QED) is 0.246. The molecule has 3 rings (SSSR count). The number of esters is 1. The van der Waals surface area contributed by atoms with Gasteiger partial charge in [-0.15, -0.1) is 0 Å². The van der Waals surface area contributed by atoms with Gasteiger partial charge in [0.05, 0.1) is 10.0 Å². The van der Waals surface area contributed by atoms with Crippen LogP contribution in [0.2, 0.25) is 0 Å². The summed E-state index contributed by atoms with van der Waals surface area (Å²) < 4.78 is 8.01. The minimum Gasteiger partial charge on any atom is -0.419 e. The molecule has 0 fully saturated rings. The van der Waals surface area contributed by atoms with Crippen LogP contribution in [0.3, 0.4) is 0 Å². The van der Waals surface area contributed by atoms with E-state index in [1.807, 2.05) is 36.4 Å². The van der Waals surface area contributed by atoms with Crippen LogP contribution >= 0.6 is 54.5 Å². The third kappa shape index (κ3) is 3.04. The Kier molecular flexibility index (Phi) is 4.79. The summed E-state index contributed by atoms with van der Waals surface area (Å²) in [5.41, 5.74) is 1.16. The summed E-state index contributed by atoms with van der Waals surface area (Å²) in [7, 11) is 0. The molecule has 22 heavy (non-hydrogen) atoms. The van der Waals surface area contributed by atoms with E-state index in [9.17, 15) is 4.79 Å². The monoisotopic (exact) mass is 531 g/mol. The summed E-state index contributed by atoms with van der Waals surface area (Å²) in [6.45, 7) is 0. The van der Waals surface area contributed by atoms with Gasteiger partial charge in [-0.3, -0.25) is 4.98 Å². The van der Waals surface area contributed by atoms with E-state index in [1.54, 1.807) is 12.3 Å². The Hall–Kier alpha value is -0.990. The molecule has 0 aliphatic heterocycles. The number of fused-ring (bicyclic) bond motifs is 1. The van der Waals surface area contributed by atoms with E-state index in [4.69, 9.17) is 4.74 Å². The number of carbonyl (C=O) groups is 1. The Morgan fingerprint density at radius 2 is 1.86 bits per heavy atom. The van der Waals surface area contributed by atoms with Crippen LogP contribution in [-0.2, 0) is 0 Å². The van der Waals surface area contributed by atoms with E-state index >= 15 is 0 Å². The van der Waals surface area contributed by atoms with Crippen molar-refractivity contribution in [3.8, 4) is 5.75 Å². The third-order valence-electron chi connectivity index (χ3n) is 3.04. The molecule has 0 atom stereocenters. The van der Waals surface area contributed by atoms with Gasteiger partial charge in [0.2, 0.25) is 0 Å². The molecular weight excluding hydrogens is 525 g/mol. The third-order valence-corrected chi connectivity index (χ3v) is 5.22. The first-order valence-electron chi connectivity index (χ1n) is 6.27. The molecule has 3 nitrogen and oxygen atoms in total. The van der Waals surface area contributed by atoms with E-state index in [-0.39, 0.29) is 0 Å². The number of hydrogen-bond acceptors (Lipinski definition) is 3. The molecule has 0 aliphatic carbocycles. The second-order valence-electron chi connectivity index (χ2n) is 4.44. The molecule has 1 heterocycles. The Balaban J connectivity index is 2.08. The van der Waals surface area contributed by atoms with Crippen LogP contribution < -0.4 is 4.74 Å². The standard InChI is InChI=1S/C16H8Br2INO2/c17-11-8-12(18)15(14-9(11)5-3-7-20-14)22-16(21)10-4-1-2-6-13(10)19/h1-8H. The fraction of sp³-hybridized carbons (Fsp3) is 0. The van der Waals surface area contributed by atoms with E-state index in [0.29, 0.717) is 21.3 Å². The molecule has 1 aromatic heterocycles. The number of benzene rings is 2. The normalized spacial score (nSPS) is 10.7. The van der Waals surface area contributed by atoms with Crippen molar-refractivity contribution >= 4 is 71.3 Å². The van der Waals surface area contributed by atoms with Gasteiger partial charge in [-0.1, -0.05) is 34.1 Å². The topological polar surface area (TPSA) is 39.2 Å². The Morgan fingerprint density at radius 1 is 1.09 bits per heavy atom. The van der Waals surface area contributed by atoms with Crippen LogP contribution in [0.15, 0.2) is 57.6 Å². The first kappa shape index (κ1) is 15.9. The lowest BCUT2D eigenvalue weighted by atomic mass is 10.2. The fourth-order valence-corrected chi connectivity index (χ4v) is 3.98. The second kappa shape index (κ2) is 6.64. The highest BCUT2D eigenvalue weighted by Gasteiger charge is 2.18. The average molecular weight is 533 g/mol. The fourth-order valence-electron chi connectivity index (χ4n) is 2.02. The van der Waals surface area contributed by atoms with Crippen LogP contribution in [0.5, 0.6) is 5.75 Å². The van der Waals surface area contributed by atoms with Crippen LogP contribution in [0.4, 0.5) is 0 Å². The number of aromatic nitrogens is 1. The molecule has 0 saturated carbocycles. The summed E-state index contributed by atoms with van der Waals surface area (Å²) >= 11 is 9.05. The van der Waals surface area contributed by atoms with Gasteiger partial charge in [0, 0.05) is 19.6 Å². The highest BCUT2D eigenvalue weighted by molar-refractivity contribution is 14.1. The maximum atomic E-state index is 12.4. The smallest absolute Gasteiger partial charge is 0.344 e. The molecule has 0 radical (unpaired) electrons. The number of nitrogens with zero attached hydrogens (tertiary/aromatic N) is 1. The predicted molar refractivity (Wildman–Crippen MR) is 101 cm³/mol. The van der Waals surface area contributed by atoms with Crippen LogP contribution in [0, 0.1) is 3.57 Å². The van der Waals surface area contributed by atoms with Crippen molar-refractivity contribution in [2.24, 2.45) is 0 Å². The van der Waals surface area contributed by atoms with Gasteiger partial charge in [-0.2, -0.15) is 0 Å². The average Bonchev–Trinajstić information content (AvgIpc) is 2.51. The number of halogens is 3. The lowest BCUT2D eigenvalue weighted by Gasteiger charge is -2.11. The summed E-state index contributed by atoms with van der Waals surface area (Å²) in [6, 6.07) is 12.9. The van der Waals surface area contributed by atoms with Crippen molar-refractivity contribution in [2.45, 2.75) is 0 Å². The summed E-state index contributed by atoms with van der Waals surface area (Å²) in [5, 5.41) is 0.885. The van der Waals surface area contributed by atoms with Crippen molar-refractivity contribution < 1.29 is 9.53 Å². The highest BCUT2D eigenvalue weighted by atomic mass is 127. The number of ether oxygens (including phenoxy) is 1. The van der Waals surface area contributed by atoms with Crippen molar-refractivity contribution in [3.05, 3.63) is 66.7 Å². The Labute approximate surface area is 157 Å². The second-order valence-corrected chi connectivity index (χ2v) is 7.31. The first-order valence-corrected chi connectivity index (χ1v) is 8.94. The van der Waals surface area contributed by atoms with E-state index < -0.39 is 5.97 Å². The number of rotatable bonds is 2. The Bertz CT molecular complexity index is 883. The lowest BCUT2D eigenvalue weighted by Crippen LogP contribution is -2.11. The summed E-state index contributed by atoms with van der Waals surface area (Å²) in [4.78, 5) is 16.8. The lowest BCUT2D eigenvalue weighted by molar-refractivity contribution is 0.0734. The van der Waals surface area contributed by atoms with E-state index in [2.05, 4.69) is 59.4 Å². The van der Waals surface area contributed by atoms with Gasteiger partial charge in [-0.25, -0.2) is 4.79 Å². The molecule has 0 amide bonds. The number of carbonyl (C=O) groups excluding carboxylic acids is 1. The zero-order valence-corrected chi connectivity index (χ0v) is 16.3. The molecule has 110 valence electrons. The van der Waals surface area contributed by atoms with Gasteiger partial charge in [0.25, 0.3) is 0 Å². The predicted octanol–water partition coefficient (Wildman–Crippen LogP) is 5.58. The van der Waals surface area contributed by atoms with E-state index in [0.717, 1.165) is 13.4 Å². The van der Waals surface area contributed by atoms with Crippen LogP contribution in [0.25, 0.3) is 10.9 Å². The molecule has 6 heteroatoms. The van der Waals surface area contributed by atoms with Gasteiger partial charge in [-0.05, 0) is 62.8 Å². The molecular formula is C16H8Br2INO2. The van der Waals surface area contributed by atoms with Crippen molar-refractivity contribution in [3.63, 3.8) is 0 Å². The molecule has 2 aromatic carbocycles. The first-order chi connectivity index (χ1) is 10.6. The highest BCUT2D eigenvalue weighted by Crippen LogP contribution is 2.37. The van der Waals surface area contributed by atoms with E-state index in [1.165, 1.54) is 0 Å². The zero-order chi connectivity index (χ0) is 15.7. The van der Waals surface area contributed by atoms with Crippen LogP contribution in [-0.4, -0.2) is 11.0 Å². The van der Waals surface area contributed by atoms with Gasteiger partial charge in [0.1, 0.15) is 5.52 Å². The zero-order valence-electron chi connectivity index (χ0n) is 11.0. The molecule has 0 N–H and O–H groups in total. The maximum Gasteiger partial charge on any atom is 0.344 e. The summed E-state index contributed by atoms with van der Waals surface area (Å²) in [5.74, 6) is 0.0171. The molecule has 0 spiro atoms. The van der Waals surface area contributed by atoms with Crippen molar-refractivity contribution in [1.82, 2.24) is 4.98 Å². The number of hydrogen-bond donors (Lipinski definition) is 0. The number of pyridine rings is 1. The molecule has 0 bridgehead atoms. The van der Waals surface area contributed by atoms with Crippen molar-refractivity contribution in [1.29, 1.82) is 0 Å².